The van der Waals surface area contributed by atoms with Crippen molar-refractivity contribution >= 4 is 11.6 Å². The van der Waals surface area contributed by atoms with E-state index < -0.39 is 11.4 Å². The molecule has 0 spiro atoms. The third-order valence-corrected chi connectivity index (χ3v) is 3.16. The largest absolute Gasteiger partial charge is 0.369 e. The lowest BCUT2D eigenvalue weighted by atomic mass is 10.0. The second-order valence-corrected chi connectivity index (χ2v) is 4.44. The molecule has 0 saturated carbocycles. The number of nitrogens with one attached hydrogen (secondary N) is 1. The molecule has 1 rings (SSSR count). The first-order valence-corrected chi connectivity index (χ1v) is 6.32. The van der Waals surface area contributed by atoms with Crippen molar-refractivity contribution in [2.75, 3.05) is 19.0 Å². The monoisotopic (exact) mass is 278 g/mol. The summed E-state index contributed by atoms with van der Waals surface area (Å²) < 4.78 is 18.5. The van der Waals surface area contributed by atoms with Crippen LogP contribution in [0.25, 0.3) is 0 Å². The molecule has 3 N–H and O–H groups in total. The molecule has 1 aromatic carbocycles. The van der Waals surface area contributed by atoms with Crippen LogP contribution in [-0.4, -0.2) is 25.2 Å². The van der Waals surface area contributed by atoms with E-state index in [1.165, 1.54) is 25.3 Å². The SMILES string of the molecule is CCC(C)(OC)C(=O)Nc1ccc(F)cc1C#CCN. The fraction of sp³-hybridized carbons (Fsp3) is 0.400. The molecule has 20 heavy (non-hydrogen) atoms. The molecule has 4 nitrogen and oxygen atoms in total. The number of rotatable bonds is 4. The molecule has 0 aromatic heterocycles. The molecule has 0 aliphatic heterocycles. The Hall–Kier alpha value is -1.90. The number of carbonyl (C=O) groups excluding carboxylic acids is 1. The predicted octanol–water partition coefficient (Wildman–Crippen LogP) is 1.89. The highest BCUT2D eigenvalue weighted by Gasteiger charge is 2.31. The number of nitrogens with two attached hydrogens (primary N) is 1. The van der Waals surface area contributed by atoms with Crippen LogP contribution in [0.1, 0.15) is 25.8 Å². The number of carbonyl (C=O) groups is 1. The molecule has 1 unspecified atom stereocenters. The summed E-state index contributed by atoms with van der Waals surface area (Å²) in [5.41, 5.74) is 5.19. The zero-order chi connectivity index (χ0) is 15.2. The summed E-state index contributed by atoms with van der Waals surface area (Å²) in [7, 11) is 1.48. The van der Waals surface area contributed by atoms with Crippen molar-refractivity contribution in [3.05, 3.63) is 29.6 Å². The molecule has 1 atom stereocenters. The molecule has 0 radical (unpaired) electrons. The molecule has 108 valence electrons. The highest BCUT2D eigenvalue weighted by atomic mass is 19.1. The van der Waals surface area contributed by atoms with E-state index in [1.807, 2.05) is 6.92 Å². The van der Waals surface area contributed by atoms with Gasteiger partial charge in [-0.2, -0.15) is 0 Å². The van der Waals surface area contributed by atoms with E-state index in [1.54, 1.807) is 6.92 Å². The van der Waals surface area contributed by atoms with Gasteiger partial charge in [0.15, 0.2) is 0 Å². The van der Waals surface area contributed by atoms with E-state index in [-0.39, 0.29) is 12.5 Å². The Morgan fingerprint density at radius 1 is 1.55 bits per heavy atom. The van der Waals surface area contributed by atoms with Crippen molar-refractivity contribution in [3.63, 3.8) is 0 Å². The summed E-state index contributed by atoms with van der Waals surface area (Å²) in [6.45, 7) is 3.70. The van der Waals surface area contributed by atoms with E-state index in [9.17, 15) is 9.18 Å². The zero-order valence-electron chi connectivity index (χ0n) is 11.9. The van der Waals surface area contributed by atoms with Gasteiger partial charge in [-0.15, -0.1) is 0 Å². The molecule has 0 saturated heterocycles. The molecule has 0 fully saturated rings. The molecule has 5 heteroatoms. The van der Waals surface area contributed by atoms with E-state index in [4.69, 9.17) is 10.5 Å². The van der Waals surface area contributed by atoms with Crippen molar-refractivity contribution in [3.8, 4) is 11.8 Å². The van der Waals surface area contributed by atoms with Crippen molar-refractivity contribution in [1.29, 1.82) is 0 Å². The van der Waals surface area contributed by atoms with E-state index >= 15 is 0 Å². The van der Waals surface area contributed by atoms with Gasteiger partial charge in [-0.3, -0.25) is 4.79 Å². The summed E-state index contributed by atoms with van der Waals surface area (Å²) in [4.78, 5) is 12.2. The first-order valence-electron chi connectivity index (χ1n) is 6.32. The Labute approximate surface area is 118 Å². The molecule has 0 heterocycles. The highest BCUT2D eigenvalue weighted by molar-refractivity contribution is 5.98. The van der Waals surface area contributed by atoms with Gasteiger partial charge in [-0.25, -0.2) is 4.39 Å². The smallest absolute Gasteiger partial charge is 0.256 e. The van der Waals surface area contributed by atoms with Crippen LogP contribution in [0.5, 0.6) is 0 Å². The van der Waals surface area contributed by atoms with Crippen LogP contribution in [0.3, 0.4) is 0 Å². The Bertz CT molecular complexity index is 543. The zero-order valence-corrected chi connectivity index (χ0v) is 11.9. The Kier molecular flexibility index (Phi) is 5.68. The first kappa shape index (κ1) is 16.2. The fourth-order valence-electron chi connectivity index (χ4n) is 1.53. The van der Waals surface area contributed by atoms with Gasteiger partial charge in [0.05, 0.1) is 17.8 Å². The standard InChI is InChI=1S/C15H19FN2O2/c1-4-15(2,20-3)14(19)18-13-8-7-12(16)10-11(13)6-5-9-17/h7-8,10H,4,9,17H2,1-3H3,(H,18,19). The molecule has 0 aliphatic rings. The molecule has 0 bridgehead atoms. The second kappa shape index (κ2) is 7.04. The number of amides is 1. The third-order valence-electron chi connectivity index (χ3n) is 3.16. The Balaban J connectivity index is 3.06. The number of hydrogen-bond donors (Lipinski definition) is 2. The topological polar surface area (TPSA) is 64.3 Å². The second-order valence-electron chi connectivity index (χ2n) is 4.44. The minimum Gasteiger partial charge on any atom is -0.369 e. The minimum atomic E-state index is -0.938. The maximum Gasteiger partial charge on any atom is 0.256 e. The molecule has 1 aromatic rings. The summed E-state index contributed by atoms with van der Waals surface area (Å²) in [5, 5.41) is 2.72. The number of halogens is 1. The number of hydrogen-bond acceptors (Lipinski definition) is 3. The van der Waals surface area contributed by atoms with E-state index in [0.717, 1.165) is 0 Å². The Morgan fingerprint density at radius 2 is 2.25 bits per heavy atom. The fourth-order valence-corrected chi connectivity index (χ4v) is 1.53. The highest BCUT2D eigenvalue weighted by Crippen LogP contribution is 2.21. The van der Waals surface area contributed by atoms with Crippen LogP contribution in [-0.2, 0) is 9.53 Å². The average molecular weight is 278 g/mol. The van der Waals surface area contributed by atoms with Crippen molar-refractivity contribution < 1.29 is 13.9 Å². The molecular weight excluding hydrogens is 259 g/mol. The van der Waals surface area contributed by atoms with Gasteiger partial charge in [0, 0.05) is 7.11 Å². The molecule has 1 amide bonds. The molecule has 0 aliphatic carbocycles. The Morgan fingerprint density at radius 3 is 2.80 bits per heavy atom. The maximum absolute atomic E-state index is 13.2. The summed E-state index contributed by atoms with van der Waals surface area (Å²) in [6, 6.07) is 3.99. The number of anilines is 1. The van der Waals surface area contributed by atoms with Crippen molar-refractivity contribution in [1.82, 2.24) is 0 Å². The van der Waals surface area contributed by atoms with Gasteiger partial charge in [0.25, 0.3) is 5.91 Å². The summed E-state index contributed by atoms with van der Waals surface area (Å²) in [6.07, 6.45) is 0.514. The number of methoxy groups -OCH3 is 1. The lowest BCUT2D eigenvalue weighted by Gasteiger charge is -2.25. The quantitative estimate of drug-likeness (QED) is 0.827. The van der Waals surface area contributed by atoms with E-state index in [2.05, 4.69) is 17.2 Å². The van der Waals surface area contributed by atoms with Gasteiger partial charge >= 0.3 is 0 Å². The average Bonchev–Trinajstić information content (AvgIpc) is 2.46. The van der Waals surface area contributed by atoms with Gasteiger partial charge in [-0.1, -0.05) is 18.8 Å². The van der Waals surface area contributed by atoms with Crippen LogP contribution < -0.4 is 11.1 Å². The normalized spacial score (nSPS) is 13.1. The lowest BCUT2D eigenvalue weighted by molar-refractivity contribution is -0.136. The molecular formula is C15H19FN2O2. The van der Waals surface area contributed by atoms with Crippen LogP contribution in [0.4, 0.5) is 10.1 Å². The van der Waals surface area contributed by atoms with Crippen LogP contribution in [0, 0.1) is 17.7 Å². The predicted molar refractivity (Wildman–Crippen MR) is 76.7 cm³/mol. The van der Waals surface area contributed by atoms with Gasteiger partial charge in [0.1, 0.15) is 11.4 Å². The first-order chi connectivity index (χ1) is 9.46. The number of ether oxygens (including phenoxy) is 1. The third kappa shape index (κ3) is 3.80. The van der Waals surface area contributed by atoms with Crippen molar-refractivity contribution in [2.45, 2.75) is 25.9 Å². The minimum absolute atomic E-state index is 0.161. The number of benzene rings is 1. The summed E-state index contributed by atoms with van der Waals surface area (Å²) in [5.74, 6) is 4.65. The van der Waals surface area contributed by atoms with Crippen molar-refractivity contribution in [2.24, 2.45) is 5.73 Å². The van der Waals surface area contributed by atoms with E-state index in [0.29, 0.717) is 17.7 Å². The summed E-state index contributed by atoms with van der Waals surface area (Å²) >= 11 is 0. The van der Waals surface area contributed by atoms with Crippen LogP contribution in [0.2, 0.25) is 0 Å². The lowest BCUT2D eigenvalue weighted by Crippen LogP contribution is -2.41. The maximum atomic E-state index is 13.2. The van der Waals surface area contributed by atoms with Gasteiger partial charge in [0.2, 0.25) is 0 Å². The van der Waals surface area contributed by atoms with Gasteiger partial charge < -0.3 is 15.8 Å². The van der Waals surface area contributed by atoms with Gasteiger partial charge in [-0.05, 0) is 31.5 Å². The van der Waals surface area contributed by atoms with Crippen LogP contribution in [0.15, 0.2) is 18.2 Å². The van der Waals surface area contributed by atoms with Crippen LogP contribution >= 0.6 is 0 Å².